The number of nitrogens with one attached hydrogen (secondary N) is 2. The summed E-state index contributed by atoms with van der Waals surface area (Å²) in [5, 5.41) is 28.3. The molecule has 0 saturated carbocycles. The normalized spacial score (nSPS) is 12.7. The van der Waals surface area contributed by atoms with Crippen LogP contribution in [0.15, 0.2) is 54.9 Å². The Kier molecular flexibility index (Phi) is 8.44. The Balaban J connectivity index is 1.75. The lowest BCUT2D eigenvalue weighted by molar-refractivity contribution is -0.606. The Bertz CT molecular complexity index is 1130. The lowest BCUT2D eigenvalue weighted by Crippen LogP contribution is -2.49. The highest BCUT2D eigenvalue weighted by atomic mass is 19.1. The fourth-order valence-corrected chi connectivity index (χ4v) is 3.49. The molecule has 3 N–H and O–H groups in total. The zero-order valence-corrected chi connectivity index (χ0v) is 18.8. The maximum absolute atomic E-state index is 13.7. The van der Waals surface area contributed by atoms with Crippen molar-refractivity contribution < 1.29 is 28.1 Å². The van der Waals surface area contributed by atoms with Crippen molar-refractivity contribution in [2.75, 3.05) is 13.7 Å². The maximum atomic E-state index is 13.7. The second kappa shape index (κ2) is 11.5. The quantitative estimate of drug-likeness (QED) is 0.307. The van der Waals surface area contributed by atoms with Gasteiger partial charge in [-0.2, -0.15) is 9.71 Å². The molecule has 0 aliphatic rings. The molecule has 8 nitrogen and oxygen atoms in total. The number of aliphatic hydroxyl groups excluding tert-OH is 1. The third-order valence-corrected chi connectivity index (χ3v) is 5.08. The van der Waals surface area contributed by atoms with Gasteiger partial charge in [0.2, 0.25) is 12.4 Å². The third kappa shape index (κ3) is 7.19. The molecular weight excluding hydrogens is 446 g/mol. The molecule has 0 aliphatic carbocycles. The number of aryl methyl sites for hydroxylation is 1. The summed E-state index contributed by atoms with van der Waals surface area (Å²) in [5.41, 5.74) is 2.13. The van der Waals surface area contributed by atoms with Crippen molar-refractivity contribution in [3.05, 3.63) is 94.1 Å². The number of ether oxygens (including phenoxy) is 1. The number of amides is 1. The lowest BCUT2D eigenvalue weighted by atomic mass is 10.00. The summed E-state index contributed by atoms with van der Waals surface area (Å²) in [6.45, 7) is 2.53. The third-order valence-electron chi connectivity index (χ3n) is 5.08. The summed E-state index contributed by atoms with van der Waals surface area (Å²) >= 11 is 0. The van der Waals surface area contributed by atoms with Crippen molar-refractivity contribution in [1.82, 2.24) is 15.6 Å². The summed E-state index contributed by atoms with van der Waals surface area (Å²) in [6.07, 6.45) is 0.826. The van der Waals surface area contributed by atoms with Gasteiger partial charge in [0.05, 0.1) is 19.3 Å². The number of halogens is 2. The first-order chi connectivity index (χ1) is 16.2. The van der Waals surface area contributed by atoms with Crippen LogP contribution in [0.3, 0.4) is 0 Å². The molecule has 1 heterocycles. The summed E-state index contributed by atoms with van der Waals surface area (Å²) in [7, 11) is 1.30. The molecule has 10 heteroatoms. The van der Waals surface area contributed by atoms with E-state index < -0.39 is 29.7 Å². The van der Waals surface area contributed by atoms with Gasteiger partial charge >= 0.3 is 0 Å². The number of carbonyl (C=O) groups excluding carboxylic acids is 1. The van der Waals surface area contributed by atoms with Gasteiger partial charge in [-0.3, -0.25) is 4.79 Å². The molecule has 180 valence electrons. The van der Waals surface area contributed by atoms with Crippen molar-refractivity contribution in [1.29, 1.82) is 0 Å². The van der Waals surface area contributed by atoms with Crippen LogP contribution in [0, 0.1) is 23.8 Å². The first-order valence-electron chi connectivity index (χ1n) is 10.6. The number of methoxy groups -OCH3 is 1. The molecule has 3 aromatic rings. The van der Waals surface area contributed by atoms with Crippen molar-refractivity contribution in [2.24, 2.45) is 0 Å². The fourth-order valence-electron chi connectivity index (χ4n) is 3.49. The summed E-state index contributed by atoms with van der Waals surface area (Å²) in [4.78, 5) is 16.7. The van der Waals surface area contributed by atoms with Gasteiger partial charge in [-0.25, -0.2) is 8.78 Å². The molecular formula is C24H26F2N4O4. The van der Waals surface area contributed by atoms with E-state index in [0.29, 0.717) is 11.3 Å². The molecule has 3 rings (SSSR count). The van der Waals surface area contributed by atoms with Gasteiger partial charge in [0.25, 0.3) is 11.8 Å². The molecule has 0 unspecified atom stereocenters. The minimum Gasteiger partial charge on any atom is -0.618 e. The number of hydrogen-bond donors (Lipinski definition) is 3. The van der Waals surface area contributed by atoms with Crippen LogP contribution in [0.5, 0.6) is 5.88 Å². The van der Waals surface area contributed by atoms with Crippen molar-refractivity contribution in [3.8, 4) is 5.88 Å². The number of rotatable bonds is 10. The predicted molar refractivity (Wildman–Crippen MR) is 120 cm³/mol. The van der Waals surface area contributed by atoms with Gasteiger partial charge in [0.15, 0.2) is 5.69 Å². The van der Waals surface area contributed by atoms with Crippen LogP contribution in [0.1, 0.15) is 27.2 Å². The van der Waals surface area contributed by atoms with E-state index in [2.05, 4.69) is 15.6 Å². The van der Waals surface area contributed by atoms with E-state index >= 15 is 0 Å². The Labute approximate surface area is 195 Å². The summed E-state index contributed by atoms with van der Waals surface area (Å²) in [5.74, 6) is -2.35. The minimum absolute atomic E-state index is 0.0605. The van der Waals surface area contributed by atoms with Crippen LogP contribution in [0.25, 0.3) is 0 Å². The molecule has 0 radical (unpaired) electrons. The van der Waals surface area contributed by atoms with Gasteiger partial charge in [0, 0.05) is 19.2 Å². The zero-order chi connectivity index (χ0) is 24.7. The standard InChI is InChI=1S/C24H26F2N4O4/c1-15-4-3-5-16(6-15)11-27-12-22(31)20(9-17-7-18(25)10-19(26)8-17)29-24(32)21-13-30(33)14-23(28-21)34-2/h3-8,10,13-14,20,22,27,31H,9,11-12H2,1-2H3,(H,29,32)/t20-,22+/m0/s1. The second-order valence-corrected chi connectivity index (χ2v) is 7.91. The van der Waals surface area contributed by atoms with Crippen LogP contribution >= 0.6 is 0 Å². The topological polar surface area (TPSA) is 110 Å². The monoisotopic (exact) mass is 472 g/mol. The molecule has 0 bridgehead atoms. The molecule has 0 saturated heterocycles. The Hall–Kier alpha value is -3.63. The van der Waals surface area contributed by atoms with E-state index in [1.165, 1.54) is 7.11 Å². The Morgan fingerprint density at radius 2 is 1.91 bits per heavy atom. The Morgan fingerprint density at radius 3 is 2.59 bits per heavy atom. The summed E-state index contributed by atoms with van der Waals surface area (Å²) in [6, 6.07) is 9.90. The highest BCUT2D eigenvalue weighted by Gasteiger charge is 2.25. The van der Waals surface area contributed by atoms with Gasteiger partial charge in [-0.1, -0.05) is 29.8 Å². The SMILES string of the molecule is COc1c[n+]([O-])cc(C(=O)N[C@@H](Cc2cc(F)cc(F)c2)[C@H](O)CNCc2cccc(C)c2)n1. The lowest BCUT2D eigenvalue weighted by Gasteiger charge is -2.25. The Morgan fingerprint density at radius 1 is 1.18 bits per heavy atom. The number of aromatic nitrogens is 2. The molecule has 2 atom stereocenters. The number of nitrogens with zero attached hydrogens (tertiary/aromatic N) is 2. The van der Waals surface area contributed by atoms with E-state index in [0.717, 1.165) is 41.7 Å². The highest BCUT2D eigenvalue weighted by Crippen LogP contribution is 2.13. The van der Waals surface area contributed by atoms with E-state index in [-0.39, 0.29) is 30.1 Å². The first-order valence-corrected chi connectivity index (χ1v) is 10.6. The molecule has 0 spiro atoms. The average Bonchev–Trinajstić information content (AvgIpc) is 2.77. The zero-order valence-electron chi connectivity index (χ0n) is 18.8. The van der Waals surface area contributed by atoms with Crippen molar-refractivity contribution in [2.45, 2.75) is 32.0 Å². The number of aliphatic hydroxyl groups is 1. The van der Waals surface area contributed by atoms with Crippen LogP contribution < -0.4 is 20.1 Å². The fraction of sp³-hybridized carbons (Fsp3) is 0.292. The van der Waals surface area contributed by atoms with E-state index in [1.54, 1.807) is 0 Å². The number of hydrogen-bond acceptors (Lipinski definition) is 6. The van der Waals surface area contributed by atoms with Crippen molar-refractivity contribution in [3.63, 3.8) is 0 Å². The average molecular weight is 472 g/mol. The van der Waals surface area contributed by atoms with Crippen molar-refractivity contribution >= 4 is 5.91 Å². The highest BCUT2D eigenvalue weighted by molar-refractivity contribution is 5.92. The maximum Gasteiger partial charge on any atom is 0.281 e. The van der Waals surface area contributed by atoms with Gasteiger partial charge in [-0.15, -0.1) is 0 Å². The van der Waals surface area contributed by atoms with Crippen LogP contribution in [-0.4, -0.2) is 41.8 Å². The largest absolute Gasteiger partial charge is 0.618 e. The second-order valence-electron chi connectivity index (χ2n) is 7.91. The van der Waals surface area contributed by atoms with Gasteiger partial charge in [-0.05, 0) is 36.6 Å². The first kappa shape index (κ1) is 25.0. The van der Waals surface area contributed by atoms with Gasteiger partial charge in [0.1, 0.15) is 11.6 Å². The predicted octanol–water partition coefficient (Wildman–Crippen LogP) is 1.80. The van der Waals surface area contributed by atoms with E-state index in [4.69, 9.17) is 4.74 Å². The molecule has 34 heavy (non-hydrogen) atoms. The molecule has 1 aromatic heterocycles. The summed E-state index contributed by atoms with van der Waals surface area (Å²) < 4.78 is 32.7. The smallest absolute Gasteiger partial charge is 0.281 e. The molecule has 0 aliphatic heterocycles. The number of carbonyl (C=O) groups is 1. The molecule has 0 fully saturated rings. The van der Waals surface area contributed by atoms with Crippen LogP contribution in [0.4, 0.5) is 8.78 Å². The minimum atomic E-state index is -1.12. The van der Waals surface area contributed by atoms with Gasteiger partial charge < -0.3 is 25.7 Å². The molecule has 1 amide bonds. The van der Waals surface area contributed by atoms with Crippen LogP contribution in [0.2, 0.25) is 0 Å². The van der Waals surface area contributed by atoms with Crippen LogP contribution in [-0.2, 0) is 13.0 Å². The van der Waals surface area contributed by atoms with E-state index in [9.17, 15) is 23.9 Å². The van der Waals surface area contributed by atoms with E-state index in [1.807, 2.05) is 31.2 Å². The molecule has 2 aromatic carbocycles. The number of benzene rings is 2.